The minimum absolute atomic E-state index is 0.0292. The lowest BCUT2D eigenvalue weighted by atomic mass is 10.1. The molecule has 22 heavy (non-hydrogen) atoms. The van der Waals surface area contributed by atoms with Gasteiger partial charge < -0.3 is 9.72 Å². The first-order chi connectivity index (χ1) is 10.5. The van der Waals surface area contributed by atoms with E-state index in [0.29, 0.717) is 18.2 Å². The molecule has 0 aliphatic rings. The van der Waals surface area contributed by atoms with Crippen LogP contribution in [0.3, 0.4) is 0 Å². The molecule has 1 heterocycles. The van der Waals surface area contributed by atoms with Crippen LogP contribution in [0.15, 0.2) is 41.2 Å². The lowest BCUT2D eigenvalue weighted by Gasteiger charge is -2.10. The molecule has 6 nitrogen and oxygen atoms in total. The second-order valence-electron chi connectivity index (χ2n) is 5.32. The molecule has 6 heteroatoms. The first-order valence-corrected chi connectivity index (χ1v) is 6.98. The van der Waals surface area contributed by atoms with Crippen molar-refractivity contribution in [1.29, 1.82) is 0 Å². The van der Waals surface area contributed by atoms with Crippen LogP contribution < -0.4 is 21.6 Å². The fourth-order valence-corrected chi connectivity index (χ4v) is 1.91. The average Bonchev–Trinajstić information content (AvgIpc) is 2.52. The number of carbonyl (C=O) groups excluding carboxylic acids is 1. The van der Waals surface area contributed by atoms with Gasteiger partial charge >= 0.3 is 0 Å². The van der Waals surface area contributed by atoms with E-state index in [4.69, 9.17) is 10.6 Å². The normalized spacial score (nSPS) is 10.5. The third-order valence-corrected chi connectivity index (χ3v) is 3.01. The van der Waals surface area contributed by atoms with Crippen LogP contribution in [0.1, 0.15) is 24.2 Å². The molecule has 0 atom stereocenters. The van der Waals surface area contributed by atoms with Gasteiger partial charge in [-0.05, 0) is 30.2 Å². The van der Waals surface area contributed by atoms with Gasteiger partial charge in [-0.2, -0.15) is 0 Å². The highest BCUT2D eigenvalue weighted by atomic mass is 16.5. The van der Waals surface area contributed by atoms with Gasteiger partial charge in [-0.15, -0.1) is 0 Å². The Morgan fingerprint density at radius 2 is 2.09 bits per heavy atom. The predicted molar refractivity (Wildman–Crippen MR) is 84.5 cm³/mol. The quantitative estimate of drug-likeness (QED) is 0.444. The van der Waals surface area contributed by atoms with E-state index >= 15 is 0 Å². The summed E-state index contributed by atoms with van der Waals surface area (Å²) in [6.45, 7) is 4.76. The SMILES string of the molecule is CC(C)COc1cccc(-c2ccc(C(=O)NN)c(=O)[nH]2)c1. The number of pyridine rings is 1. The third kappa shape index (κ3) is 3.73. The van der Waals surface area contributed by atoms with Crippen molar-refractivity contribution in [1.82, 2.24) is 10.4 Å². The van der Waals surface area contributed by atoms with Crippen LogP contribution in [0.25, 0.3) is 11.3 Å². The zero-order valence-corrected chi connectivity index (χ0v) is 12.6. The summed E-state index contributed by atoms with van der Waals surface area (Å²) in [5, 5.41) is 0. The first kappa shape index (κ1) is 15.8. The Kier molecular flexibility index (Phi) is 4.95. The molecule has 0 saturated heterocycles. The highest BCUT2D eigenvalue weighted by molar-refractivity contribution is 5.93. The number of ether oxygens (including phenoxy) is 1. The van der Waals surface area contributed by atoms with Gasteiger partial charge in [-0.1, -0.05) is 26.0 Å². The van der Waals surface area contributed by atoms with Crippen LogP contribution in [0.4, 0.5) is 0 Å². The van der Waals surface area contributed by atoms with Gasteiger partial charge in [0.1, 0.15) is 11.3 Å². The van der Waals surface area contributed by atoms with E-state index in [-0.39, 0.29) is 5.56 Å². The smallest absolute Gasteiger partial charge is 0.270 e. The molecule has 1 aromatic heterocycles. The summed E-state index contributed by atoms with van der Waals surface area (Å²) in [6, 6.07) is 10.5. The molecule has 116 valence electrons. The molecule has 0 saturated carbocycles. The van der Waals surface area contributed by atoms with Crippen LogP contribution in [0, 0.1) is 5.92 Å². The number of benzene rings is 1. The number of rotatable bonds is 5. The van der Waals surface area contributed by atoms with Crippen molar-refractivity contribution in [2.24, 2.45) is 11.8 Å². The van der Waals surface area contributed by atoms with Gasteiger partial charge in [0.15, 0.2) is 0 Å². The summed E-state index contributed by atoms with van der Waals surface area (Å²) in [4.78, 5) is 26.0. The number of aromatic nitrogens is 1. The molecule has 0 fully saturated rings. The number of nitrogens with one attached hydrogen (secondary N) is 2. The van der Waals surface area contributed by atoms with Gasteiger partial charge in [0.05, 0.1) is 6.61 Å². The fraction of sp³-hybridized carbons (Fsp3) is 0.250. The topological polar surface area (TPSA) is 97.2 Å². The van der Waals surface area contributed by atoms with Crippen molar-refractivity contribution in [2.75, 3.05) is 6.61 Å². The van der Waals surface area contributed by atoms with Crippen LogP contribution in [0.5, 0.6) is 5.75 Å². The van der Waals surface area contributed by atoms with Crippen LogP contribution in [0.2, 0.25) is 0 Å². The maximum Gasteiger partial charge on any atom is 0.270 e. The molecule has 0 spiro atoms. The van der Waals surface area contributed by atoms with E-state index in [1.165, 1.54) is 6.07 Å². The summed E-state index contributed by atoms with van der Waals surface area (Å²) >= 11 is 0. The number of nitrogen functional groups attached to an aromatic ring is 1. The number of carbonyl (C=O) groups is 1. The Morgan fingerprint density at radius 3 is 2.73 bits per heavy atom. The maximum absolute atomic E-state index is 11.9. The summed E-state index contributed by atoms with van der Waals surface area (Å²) in [5.41, 5.74) is 2.83. The highest BCUT2D eigenvalue weighted by Gasteiger charge is 2.10. The molecule has 0 radical (unpaired) electrons. The molecule has 0 bridgehead atoms. The van der Waals surface area contributed by atoms with Gasteiger partial charge in [0.2, 0.25) is 0 Å². The number of hydrazine groups is 1. The van der Waals surface area contributed by atoms with Gasteiger partial charge in [-0.3, -0.25) is 15.0 Å². The van der Waals surface area contributed by atoms with Crippen molar-refractivity contribution < 1.29 is 9.53 Å². The number of nitrogens with two attached hydrogens (primary N) is 1. The van der Waals surface area contributed by atoms with E-state index in [1.54, 1.807) is 6.07 Å². The molecule has 2 rings (SSSR count). The Bertz CT molecular complexity index is 723. The highest BCUT2D eigenvalue weighted by Crippen LogP contribution is 2.22. The molecule has 0 aliphatic heterocycles. The van der Waals surface area contributed by atoms with Gasteiger partial charge in [0.25, 0.3) is 11.5 Å². The second kappa shape index (κ2) is 6.91. The largest absolute Gasteiger partial charge is 0.493 e. The minimum Gasteiger partial charge on any atom is -0.493 e. The van der Waals surface area contributed by atoms with E-state index in [9.17, 15) is 9.59 Å². The third-order valence-electron chi connectivity index (χ3n) is 3.01. The monoisotopic (exact) mass is 301 g/mol. The van der Waals surface area contributed by atoms with E-state index in [0.717, 1.165) is 11.3 Å². The molecule has 0 aliphatic carbocycles. The fourth-order valence-electron chi connectivity index (χ4n) is 1.91. The summed E-state index contributed by atoms with van der Waals surface area (Å²) in [6.07, 6.45) is 0. The van der Waals surface area contributed by atoms with Crippen molar-refractivity contribution in [3.8, 4) is 17.0 Å². The summed E-state index contributed by atoms with van der Waals surface area (Å²) in [7, 11) is 0. The lowest BCUT2D eigenvalue weighted by Crippen LogP contribution is -2.34. The van der Waals surface area contributed by atoms with Gasteiger partial charge in [-0.25, -0.2) is 5.84 Å². The Balaban J connectivity index is 2.28. The molecule has 1 aromatic carbocycles. The van der Waals surface area contributed by atoms with Crippen molar-refractivity contribution in [3.05, 3.63) is 52.3 Å². The maximum atomic E-state index is 11.9. The summed E-state index contributed by atoms with van der Waals surface area (Å²) < 4.78 is 5.67. The van der Waals surface area contributed by atoms with Crippen LogP contribution in [-0.4, -0.2) is 17.5 Å². The molecular formula is C16H19N3O3. The molecule has 2 aromatic rings. The zero-order valence-electron chi connectivity index (χ0n) is 12.6. The average molecular weight is 301 g/mol. The molecule has 1 amide bonds. The van der Waals surface area contributed by atoms with Crippen LogP contribution >= 0.6 is 0 Å². The number of H-pyrrole nitrogens is 1. The number of aromatic amines is 1. The molecule has 4 N–H and O–H groups in total. The van der Waals surface area contributed by atoms with E-state index < -0.39 is 11.5 Å². The van der Waals surface area contributed by atoms with E-state index in [2.05, 4.69) is 18.8 Å². The van der Waals surface area contributed by atoms with Crippen LogP contribution in [-0.2, 0) is 0 Å². The molecule has 0 unspecified atom stereocenters. The van der Waals surface area contributed by atoms with Crippen molar-refractivity contribution >= 4 is 5.91 Å². The number of hydrogen-bond donors (Lipinski definition) is 3. The van der Waals surface area contributed by atoms with Crippen molar-refractivity contribution in [2.45, 2.75) is 13.8 Å². The zero-order chi connectivity index (χ0) is 16.1. The minimum atomic E-state index is -0.623. The lowest BCUT2D eigenvalue weighted by molar-refractivity contribution is 0.0952. The van der Waals surface area contributed by atoms with Crippen molar-refractivity contribution in [3.63, 3.8) is 0 Å². The Labute approximate surface area is 128 Å². The van der Waals surface area contributed by atoms with E-state index in [1.807, 2.05) is 29.7 Å². The standard InChI is InChI=1S/C16H19N3O3/c1-10(2)9-22-12-5-3-4-11(8-12)14-7-6-13(15(20)18-14)16(21)19-17/h3-8,10H,9,17H2,1-2H3,(H,18,20)(H,19,21). The second-order valence-corrected chi connectivity index (χ2v) is 5.32. The van der Waals surface area contributed by atoms with Gasteiger partial charge in [0, 0.05) is 11.3 Å². The number of hydrogen-bond acceptors (Lipinski definition) is 4. The summed E-state index contributed by atoms with van der Waals surface area (Å²) in [5.74, 6) is 5.57. The Hall–Kier alpha value is -2.60. The predicted octanol–water partition coefficient (Wildman–Crippen LogP) is 1.68. The first-order valence-electron chi connectivity index (χ1n) is 6.98. The Morgan fingerprint density at radius 1 is 1.32 bits per heavy atom. The molecular weight excluding hydrogens is 282 g/mol. The number of amides is 1.